The molecule has 0 amide bonds. The number of imidazole rings is 1. The number of aromatic amines is 1. The summed E-state index contributed by atoms with van der Waals surface area (Å²) in [6.45, 7) is 2.07. The molecule has 3 aromatic rings. The lowest BCUT2D eigenvalue weighted by molar-refractivity contribution is 1.04. The van der Waals surface area contributed by atoms with Crippen molar-refractivity contribution in [1.29, 1.82) is 0 Å². The van der Waals surface area contributed by atoms with Gasteiger partial charge in [-0.2, -0.15) is 0 Å². The molecule has 2 heterocycles. The number of halogens is 1. The van der Waals surface area contributed by atoms with Gasteiger partial charge in [0.05, 0.1) is 22.9 Å². The van der Waals surface area contributed by atoms with Gasteiger partial charge in [0.25, 0.3) is 0 Å². The predicted octanol–water partition coefficient (Wildman–Crippen LogP) is 4.15. The lowest BCUT2D eigenvalue weighted by Gasteiger charge is -2.09. The second-order valence-electron chi connectivity index (χ2n) is 4.04. The summed E-state index contributed by atoms with van der Waals surface area (Å²) in [7, 11) is 0. The van der Waals surface area contributed by atoms with Crippen LogP contribution in [0.4, 0.5) is 0 Å². The second-order valence-corrected chi connectivity index (χ2v) is 5.28. The number of nitrogens with one attached hydrogen (secondary N) is 1. The van der Waals surface area contributed by atoms with Crippen molar-refractivity contribution in [3.05, 3.63) is 51.5 Å². The average Bonchev–Trinajstić information content (AvgIpc) is 2.69. The highest BCUT2D eigenvalue weighted by molar-refractivity contribution is 9.10. The molecule has 2 aromatic heterocycles. The van der Waals surface area contributed by atoms with Crippen LogP contribution in [0.3, 0.4) is 0 Å². The van der Waals surface area contributed by atoms with Crippen LogP contribution in [0.2, 0.25) is 0 Å². The minimum absolute atomic E-state index is 0.680. The maximum absolute atomic E-state index is 5.40. The van der Waals surface area contributed by atoms with E-state index >= 15 is 0 Å². The van der Waals surface area contributed by atoms with Gasteiger partial charge < -0.3 is 4.98 Å². The third-order valence-electron chi connectivity index (χ3n) is 2.96. The molecule has 0 saturated carbocycles. The van der Waals surface area contributed by atoms with Crippen LogP contribution >= 0.6 is 28.1 Å². The molecule has 0 spiro atoms. The Kier molecular flexibility index (Phi) is 2.80. The topological polar surface area (TPSA) is 33.6 Å². The number of H-pyrrole nitrogens is 1. The van der Waals surface area contributed by atoms with E-state index in [0.29, 0.717) is 4.77 Å². The van der Waals surface area contributed by atoms with Crippen LogP contribution in [-0.4, -0.2) is 14.5 Å². The number of rotatable bonds is 1. The number of nitrogens with zero attached hydrogens (tertiary/aromatic N) is 2. The van der Waals surface area contributed by atoms with E-state index in [-0.39, 0.29) is 0 Å². The molecule has 1 aromatic carbocycles. The van der Waals surface area contributed by atoms with Crippen molar-refractivity contribution in [3.8, 4) is 5.69 Å². The van der Waals surface area contributed by atoms with Gasteiger partial charge in [0.2, 0.25) is 0 Å². The first-order chi connectivity index (χ1) is 8.68. The fourth-order valence-corrected chi connectivity index (χ4v) is 2.70. The van der Waals surface area contributed by atoms with Crippen molar-refractivity contribution in [3.63, 3.8) is 0 Å². The largest absolute Gasteiger partial charge is 0.329 e. The first-order valence-corrected chi connectivity index (χ1v) is 6.69. The Labute approximate surface area is 118 Å². The second kappa shape index (κ2) is 4.33. The van der Waals surface area contributed by atoms with Gasteiger partial charge in [-0.15, -0.1) is 0 Å². The zero-order valence-electron chi connectivity index (χ0n) is 9.64. The highest BCUT2D eigenvalue weighted by Crippen LogP contribution is 2.26. The minimum Gasteiger partial charge on any atom is -0.329 e. The summed E-state index contributed by atoms with van der Waals surface area (Å²) >= 11 is 8.95. The molecule has 0 aliphatic heterocycles. The molecule has 0 fully saturated rings. The molecular formula is C13H10BrN3S. The molecule has 1 N–H and O–H groups in total. The van der Waals surface area contributed by atoms with Crippen molar-refractivity contribution in [2.24, 2.45) is 0 Å². The van der Waals surface area contributed by atoms with E-state index in [2.05, 4.69) is 38.9 Å². The monoisotopic (exact) mass is 319 g/mol. The van der Waals surface area contributed by atoms with Crippen LogP contribution in [0.15, 0.2) is 41.1 Å². The van der Waals surface area contributed by atoms with Crippen LogP contribution in [-0.2, 0) is 0 Å². The Morgan fingerprint density at radius 2 is 2.17 bits per heavy atom. The van der Waals surface area contributed by atoms with Crippen LogP contribution in [0, 0.1) is 11.7 Å². The maximum Gasteiger partial charge on any atom is 0.182 e. The predicted molar refractivity (Wildman–Crippen MR) is 78.7 cm³/mol. The van der Waals surface area contributed by atoms with E-state index in [1.54, 1.807) is 12.4 Å². The zero-order chi connectivity index (χ0) is 12.7. The molecule has 0 atom stereocenters. The first kappa shape index (κ1) is 11.6. The summed E-state index contributed by atoms with van der Waals surface area (Å²) in [5.74, 6) is 0. The van der Waals surface area contributed by atoms with Crippen LogP contribution < -0.4 is 0 Å². The SMILES string of the molecule is Cc1c(Br)cccc1-n1c(=S)[nH]c2cnccc21. The molecule has 0 bridgehead atoms. The van der Waals surface area contributed by atoms with Gasteiger partial charge in [-0.1, -0.05) is 22.0 Å². The van der Waals surface area contributed by atoms with Crippen LogP contribution in [0.5, 0.6) is 0 Å². The summed E-state index contributed by atoms with van der Waals surface area (Å²) in [5, 5.41) is 0. The van der Waals surface area contributed by atoms with E-state index in [9.17, 15) is 0 Å². The van der Waals surface area contributed by atoms with E-state index in [1.165, 1.54) is 0 Å². The van der Waals surface area contributed by atoms with E-state index in [0.717, 1.165) is 26.8 Å². The molecule has 0 aliphatic rings. The number of hydrogen-bond donors (Lipinski definition) is 1. The summed E-state index contributed by atoms with van der Waals surface area (Å²) in [6, 6.07) is 8.05. The van der Waals surface area contributed by atoms with Gasteiger partial charge in [-0.25, -0.2) is 0 Å². The Morgan fingerprint density at radius 1 is 1.33 bits per heavy atom. The highest BCUT2D eigenvalue weighted by Gasteiger charge is 2.09. The van der Waals surface area contributed by atoms with Crippen LogP contribution in [0.1, 0.15) is 5.56 Å². The molecule has 3 rings (SSSR count). The Morgan fingerprint density at radius 3 is 3.00 bits per heavy atom. The third kappa shape index (κ3) is 1.71. The van der Waals surface area contributed by atoms with E-state index in [4.69, 9.17) is 12.2 Å². The Bertz CT molecular complexity index is 788. The highest BCUT2D eigenvalue weighted by atomic mass is 79.9. The van der Waals surface area contributed by atoms with Gasteiger partial charge in [0, 0.05) is 10.7 Å². The van der Waals surface area contributed by atoms with E-state index < -0.39 is 0 Å². The smallest absolute Gasteiger partial charge is 0.182 e. The lowest BCUT2D eigenvalue weighted by Crippen LogP contribution is -1.97. The van der Waals surface area contributed by atoms with Gasteiger partial charge in [-0.3, -0.25) is 9.55 Å². The number of benzene rings is 1. The number of hydrogen-bond acceptors (Lipinski definition) is 2. The fraction of sp³-hybridized carbons (Fsp3) is 0.0769. The fourth-order valence-electron chi connectivity index (χ4n) is 2.04. The standard InChI is InChI=1S/C13H10BrN3S/c1-8-9(14)3-2-4-11(8)17-12-5-6-15-7-10(12)16-13(17)18/h2-7H,1H3,(H,16,18). The lowest BCUT2D eigenvalue weighted by atomic mass is 10.2. The summed E-state index contributed by atoms with van der Waals surface area (Å²) in [4.78, 5) is 7.27. The molecule has 0 saturated heterocycles. The van der Waals surface area contributed by atoms with Crippen molar-refractivity contribution < 1.29 is 0 Å². The van der Waals surface area contributed by atoms with Crippen molar-refractivity contribution in [2.75, 3.05) is 0 Å². The normalized spacial score (nSPS) is 11.0. The molecule has 3 nitrogen and oxygen atoms in total. The van der Waals surface area contributed by atoms with Gasteiger partial charge in [0.15, 0.2) is 4.77 Å². The number of pyridine rings is 1. The third-order valence-corrected chi connectivity index (χ3v) is 4.11. The average molecular weight is 320 g/mol. The molecule has 0 radical (unpaired) electrons. The van der Waals surface area contributed by atoms with Crippen molar-refractivity contribution in [1.82, 2.24) is 14.5 Å². The van der Waals surface area contributed by atoms with Gasteiger partial charge in [-0.05, 0) is 42.9 Å². The zero-order valence-corrected chi connectivity index (χ0v) is 12.0. The van der Waals surface area contributed by atoms with Crippen LogP contribution in [0.25, 0.3) is 16.7 Å². The Hall–Kier alpha value is -1.46. The number of fused-ring (bicyclic) bond motifs is 1. The van der Waals surface area contributed by atoms with Gasteiger partial charge in [0.1, 0.15) is 0 Å². The summed E-state index contributed by atoms with van der Waals surface area (Å²) in [6.07, 6.45) is 3.56. The minimum atomic E-state index is 0.680. The first-order valence-electron chi connectivity index (χ1n) is 5.49. The maximum atomic E-state index is 5.40. The summed E-state index contributed by atoms with van der Waals surface area (Å²) < 4.78 is 3.79. The van der Waals surface area contributed by atoms with Gasteiger partial charge >= 0.3 is 0 Å². The molecular weight excluding hydrogens is 310 g/mol. The molecule has 0 aliphatic carbocycles. The molecule has 90 valence electrons. The van der Waals surface area contributed by atoms with E-state index in [1.807, 2.05) is 22.8 Å². The Balaban J connectivity index is 2.42. The quantitative estimate of drug-likeness (QED) is 0.683. The van der Waals surface area contributed by atoms with Crippen molar-refractivity contribution in [2.45, 2.75) is 6.92 Å². The summed E-state index contributed by atoms with van der Waals surface area (Å²) in [5.41, 5.74) is 4.22. The molecule has 0 unspecified atom stereocenters. The molecule has 5 heteroatoms. The number of aromatic nitrogens is 3. The molecule has 18 heavy (non-hydrogen) atoms. The van der Waals surface area contributed by atoms with Crippen molar-refractivity contribution >= 4 is 39.2 Å².